The third kappa shape index (κ3) is 3.99. The van der Waals surface area contributed by atoms with Crippen LogP contribution in [0.1, 0.15) is 30.4 Å². The number of allylic oxidation sites excluding steroid dienone is 1. The van der Waals surface area contributed by atoms with Gasteiger partial charge in [-0.25, -0.2) is 0 Å². The van der Waals surface area contributed by atoms with Crippen LogP contribution in [0.3, 0.4) is 0 Å². The number of benzene rings is 2. The first-order valence-corrected chi connectivity index (χ1v) is 8.79. The zero-order chi connectivity index (χ0) is 17.7. The van der Waals surface area contributed by atoms with Crippen molar-refractivity contribution in [3.63, 3.8) is 0 Å². The molecule has 3 rings (SSSR count). The second-order valence-corrected chi connectivity index (χ2v) is 7.02. The molecule has 1 aliphatic rings. The number of rotatable bonds is 8. The molecule has 0 atom stereocenters. The molecule has 130 valence electrons. The fraction of sp³-hybridized carbons (Fsp3) is 0.318. The van der Waals surface area contributed by atoms with Crippen LogP contribution < -0.4 is 0 Å². The Kier molecular flexibility index (Phi) is 5.34. The maximum absolute atomic E-state index is 11.7. The lowest BCUT2D eigenvalue weighted by Gasteiger charge is -2.49. The monoisotopic (exact) mass is 335 g/mol. The van der Waals surface area contributed by atoms with Crippen molar-refractivity contribution in [1.82, 2.24) is 4.90 Å². The highest BCUT2D eigenvalue weighted by Crippen LogP contribution is 2.47. The molecule has 3 heteroatoms. The van der Waals surface area contributed by atoms with Crippen molar-refractivity contribution in [3.05, 3.63) is 84.4 Å². The standard InChI is InChI=1S/C22H25NO2/c1-2-13-22(21(24)25)14-20(15-22)23(16-18-9-5-3-6-10-18)17-19-11-7-4-8-12-19/h2-12,20H,1,13-17H2,(H,24,25)/t20-,22-. The normalized spacial score (nSPS) is 22.4. The van der Waals surface area contributed by atoms with Gasteiger partial charge in [0.15, 0.2) is 0 Å². The number of carbonyl (C=O) groups is 1. The Morgan fingerprint density at radius 2 is 1.52 bits per heavy atom. The average Bonchev–Trinajstić information content (AvgIpc) is 2.59. The summed E-state index contributed by atoms with van der Waals surface area (Å²) < 4.78 is 0. The van der Waals surface area contributed by atoms with Gasteiger partial charge >= 0.3 is 5.97 Å². The molecule has 3 nitrogen and oxygen atoms in total. The largest absolute Gasteiger partial charge is 0.481 e. The van der Waals surface area contributed by atoms with E-state index in [9.17, 15) is 9.90 Å². The Morgan fingerprint density at radius 3 is 1.92 bits per heavy atom. The lowest BCUT2D eigenvalue weighted by molar-refractivity contribution is -0.159. The number of nitrogens with zero attached hydrogens (tertiary/aromatic N) is 1. The molecular formula is C22H25NO2. The van der Waals surface area contributed by atoms with Crippen molar-refractivity contribution in [3.8, 4) is 0 Å². The predicted octanol–water partition coefficient (Wildman–Crippen LogP) is 4.50. The summed E-state index contributed by atoms with van der Waals surface area (Å²) in [5.74, 6) is -0.692. The molecule has 0 aliphatic heterocycles. The Balaban J connectivity index is 1.75. The fourth-order valence-corrected chi connectivity index (χ4v) is 3.76. The van der Waals surface area contributed by atoms with Gasteiger partial charge in [-0.1, -0.05) is 66.7 Å². The summed E-state index contributed by atoms with van der Waals surface area (Å²) in [5, 5.41) is 9.63. The van der Waals surface area contributed by atoms with E-state index in [0.29, 0.717) is 19.3 Å². The van der Waals surface area contributed by atoms with Crippen molar-refractivity contribution in [2.24, 2.45) is 5.41 Å². The zero-order valence-corrected chi connectivity index (χ0v) is 14.5. The summed E-state index contributed by atoms with van der Waals surface area (Å²) in [7, 11) is 0. The summed E-state index contributed by atoms with van der Waals surface area (Å²) in [4.78, 5) is 14.1. The second-order valence-electron chi connectivity index (χ2n) is 7.02. The van der Waals surface area contributed by atoms with Crippen LogP contribution in [-0.4, -0.2) is 22.0 Å². The topological polar surface area (TPSA) is 40.5 Å². The molecule has 1 N–H and O–H groups in total. The van der Waals surface area contributed by atoms with Gasteiger partial charge in [0.1, 0.15) is 0 Å². The molecule has 25 heavy (non-hydrogen) atoms. The van der Waals surface area contributed by atoms with E-state index in [1.165, 1.54) is 11.1 Å². The highest BCUT2D eigenvalue weighted by atomic mass is 16.4. The van der Waals surface area contributed by atoms with E-state index in [1.807, 2.05) is 12.1 Å². The summed E-state index contributed by atoms with van der Waals surface area (Å²) in [6.07, 6.45) is 3.66. The molecule has 2 aromatic rings. The highest BCUT2D eigenvalue weighted by Gasteiger charge is 2.51. The van der Waals surface area contributed by atoms with Crippen molar-refractivity contribution >= 4 is 5.97 Å². The Hall–Kier alpha value is -2.39. The molecule has 1 fully saturated rings. The average molecular weight is 335 g/mol. The molecule has 1 aliphatic carbocycles. The first kappa shape index (κ1) is 17.4. The zero-order valence-electron chi connectivity index (χ0n) is 14.5. The molecule has 0 amide bonds. The minimum atomic E-state index is -0.692. The number of carboxylic acids is 1. The van der Waals surface area contributed by atoms with Gasteiger partial charge in [-0.2, -0.15) is 0 Å². The summed E-state index contributed by atoms with van der Waals surface area (Å²) in [5.41, 5.74) is 1.89. The number of aliphatic carboxylic acids is 1. The van der Waals surface area contributed by atoms with Crippen molar-refractivity contribution < 1.29 is 9.90 Å². The Labute approximate surface area is 149 Å². The minimum absolute atomic E-state index is 0.288. The number of hydrogen-bond acceptors (Lipinski definition) is 2. The van der Waals surface area contributed by atoms with Crippen LogP contribution in [0.2, 0.25) is 0 Å². The summed E-state index contributed by atoms with van der Waals surface area (Å²) in [6, 6.07) is 21.1. The molecule has 0 saturated heterocycles. The van der Waals surface area contributed by atoms with Gasteiger partial charge in [-0.15, -0.1) is 6.58 Å². The fourth-order valence-electron chi connectivity index (χ4n) is 3.76. The van der Waals surface area contributed by atoms with Crippen molar-refractivity contribution in [2.45, 2.75) is 38.4 Å². The van der Waals surface area contributed by atoms with E-state index < -0.39 is 11.4 Å². The molecular weight excluding hydrogens is 310 g/mol. The van der Waals surface area contributed by atoms with E-state index in [2.05, 4.69) is 60.0 Å². The van der Waals surface area contributed by atoms with Crippen LogP contribution in [0.25, 0.3) is 0 Å². The van der Waals surface area contributed by atoms with E-state index >= 15 is 0 Å². The maximum Gasteiger partial charge on any atom is 0.310 e. The van der Waals surface area contributed by atoms with E-state index in [0.717, 1.165) is 13.1 Å². The highest BCUT2D eigenvalue weighted by molar-refractivity contribution is 5.76. The molecule has 2 aromatic carbocycles. The third-order valence-corrected chi connectivity index (χ3v) is 5.21. The molecule has 0 spiro atoms. The molecule has 0 aromatic heterocycles. The molecule has 0 heterocycles. The van der Waals surface area contributed by atoms with E-state index in [1.54, 1.807) is 6.08 Å². The molecule has 0 bridgehead atoms. The lowest BCUT2D eigenvalue weighted by Crippen LogP contribution is -2.53. The Morgan fingerprint density at radius 1 is 1.04 bits per heavy atom. The van der Waals surface area contributed by atoms with Gasteiger partial charge in [0.25, 0.3) is 0 Å². The smallest absolute Gasteiger partial charge is 0.310 e. The van der Waals surface area contributed by atoms with Crippen LogP contribution in [0.15, 0.2) is 73.3 Å². The Bertz CT molecular complexity index is 664. The number of carboxylic acid groups (broad SMARTS) is 1. The van der Waals surface area contributed by atoms with Crippen LogP contribution in [0.5, 0.6) is 0 Å². The molecule has 0 radical (unpaired) electrons. The third-order valence-electron chi connectivity index (χ3n) is 5.21. The number of hydrogen-bond donors (Lipinski definition) is 1. The maximum atomic E-state index is 11.7. The van der Waals surface area contributed by atoms with Gasteiger partial charge in [0.05, 0.1) is 5.41 Å². The van der Waals surface area contributed by atoms with Crippen LogP contribution >= 0.6 is 0 Å². The van der Waals surface area contributed by atoms with Gasteiger partial charge in [-0.3, -0.25) is 9.69 Å². The van der Waals surface area contributed by atoms with Gasteiger partial charge in [0, 0.05) is 19.1 Å². The van der Waals surface area contributed by atoms with Crippen molar-refractivity contribution in [1.29, 1.82) is 0 Å². The van der Waals surface area contributed by atoms with Gasteiger partial charge in [-0.05, 0) is 30.4 Å². The molecule has 0 unspecified atom stereocenters. The minimum Gasteiger partial charge on any atom is -0.481 e. The molecule has 1 saturated carbocycles. The van der Waals surface area contributed by atoms with Gasteiger partial charge in [0.2, 0.25) is 0 Å². The quantitative estimate of drug-likeness (QED) is 0.722. The summed E-state index contributed by atoms with van der Waals surface area (Å²) >= 11 is 0. The lowest BCUT2D eigenvalue weighted by atomic mass is 9.63. The SMILES string of the molecule is C=CC[C@]1(C(=O)O)C[C@H](N(Cc2ccccc2)Cc2ccccc2)C1. The summed E-state index contributed by atoms with van der Waals surface area (Å²) in [6.45, 7) is 5.41. The first-order valence-electron chi connectivity index (χ1n) is 8.79. The van der Waals surface area contributed by atoms with E-state index in [-0.39, 0.29) is 6.04 Å². The van der Waals surface area contributed by atoms with E-state index in [4.69, 9.17) is 0 Å². The van der Waals surface area contributed by atoms with Gasteiger partial charge < -0.3 is 5.11 Å². The van der Waals surface area contributed by atoms with Crippen molar-refractivity contribution in [2.75, 3.05) is 0 Å². The van der Waals surface area contributed by atoms with Crippen LogP contribution in [0.4, 0.5) is 0 Å². The predicted molar refractivity (Wildman–Crippen MR) is 100 cm³/mol. The van der Waals surface area contributed by atoms with Crippen LogP contribution in [-0.2, 0) is 17.9 Å². The van der Waals surface area contributed by atoms with Crippen LogP contribution in [0, 0.1) is 5.41 Å². The first-order chi connectivity index (χ1) is 12.1. The second kappa shape index (κ2) is 7.66.